The van der Waals surface area contributed by atoms with Crippen LogP contribution in [0.15, 0.2) is 24.4 Å². The van der Waals surface area contributed by atoms with Crippen molar-refractivity contribution in [1.82, 2.24) is 4.57 Å². The average Bonchev–Trinajstić information content (AvgIpc) is 2.58. The molecule has 0 aliphatic carbocycles. The molecule has 0 fully saturated rings. The Balaban J connectivity index is 2.87. The van der Waals surface area contributed by atoms with E-state index >= 15 is 0 Å². The second kappa shape index (κ2) is 3.83. The summed E-state index contributed by atoms with van der Waals surface area (Å²) in [7, 11) is 0. The van der Waals surface area contributed by atoms with Crippen LogP contribution < -0.4 is 0 Å². The number of aromatic carboxylic acids is 1. The molecule has 0 saturated carbocycles. The highest BCUT2D eigenvalue weighted by Crippen LogP contribution is 2.30. The molecule has 4 heteroatoms. The summed E-state index contributed by atoms with van der Waals surface area (Å²) in [5.74, 6) is -0.924. The number of carbonyl (C=O) groups is 1. The molecule has 2 rings (SSSR count). The Morgan fingerprint density at radius 3 is 2.69 bits per heavy atom. The summed E-state index contributed by atoms with van der Waals surface area (Å²) < 4.78 is 1.89. The fraction of sp³-hybridized carbons (Fsp3) is 0.250. The summed E-state index contributed by atoms with van der Waals surface area (Å²) in [4.78, 5) is 11.1. The van der Waals surface area contributed by atoms with E-state index in [4.69, 9.17) is 16.7 Å². The summed E-state index contributed by atoms with van der Waals surface area (Å²) in [6, 6.07) is 5.50. The van der Waals surface area contributed by atoms with Gasteiger partial charge in [-0.3, -0.25) is 0 Å². The molecule has 0 radical (unpaired) electrons. The quantitative estimate of drug-likeness (QED) is 0.868. The third kappa shape index (κ3) is 1.57. The highest BCUT2D eigenvalue weighted by atomic mass is 35.5. The molecule has 0 saturated heterocycles. The maximum atomic E-state index is 11.1. The van der Waals surface area contributed by atoms with E-state index in [-0.39, 0.29) is 6.04 Å². The predicted molar refractivity (Wildman–Crippen MR) is 64.3 cm³/mol. The highest BCUT2D eigenvalue weighted by molar-refractivity contribution is 6.35. The van der Waals surface area contributed by atoms with Crippen LogP contribution in [0.25, 0.3) is 10.9 Å². The van der Waals surface area contributed by atoms with Gasteiger partial charge in [0.1, 0.15) is 0 Å². The van der Waals surface area contributed by atoms with Crippen LogP contribution >= 0.6 is 11.6 Å². The second-order valence-electron chi connectivity index (χ2n) is 3.98. The molecule has 1 N–H and O–H groups in total. The van der Waals surface area contributed by atoms with Crippen molar-refractivity contribution in [1.29, 1.82) is 0 Å². The lowest BCUT2D eigenvalue weighted by atomic mass is 10.2. The molecule has 0 bridgehead atoms. The SMILES string of the molecule is CC(C)n1cc(C(=O)O)c2cccc(Cl)c21. The number of aromatic nitrogens is 1. The molecule has 0 spiro atoms. The first-order chi connectivity index (χ1) is 7.52. The van der Waals surface area contributed by atoms with Crippen LogP contribution in [0.5, 0.6) is 0 Å². The maximum absolute atomic E-state index is 11.1. The first-order valence-corrected chi connectivity index (χ1v) is 5.42. The van der Waals surface area contributed by atoms with Crippen molar-refractivity contribution in [2.45, 2.75) is 19.9 Å². The van der Waals surface area contributed by atoms with E-state index in [0.29, 0.717) is 16.0 Å². The van der Waals surface area contributed by atoms with Crippen LogP contribution in [0.1, 0.15) is 30.2 Å². The summed E-state index contributed by atoms with van der Waals surface area (Å²) in [6.45, 7) is 3.99. The molecule has 2 aromatic rings. The zero-order valence-corrected chi connectivity index (χ0v) is 9.82. The third-order valence-corrected chi connectivity index (χ3v) is 2.90. The fourth-order valence-corrected chi connectivity index (χ4v) is 2.12. The second-order valence-corrected chi connectivity index (χ2v) is 4.39. The van der Waals surface area contributed by atoms with E-state index in [1.54, 1.807) is 24.4 Å². The summed E-state index contributed by atoms with van der Waals surface area (Å²) in [5, 5.41) is 10.4. The van der Waals surface area contributed by atoms with Gasteiger partial charge in [0.05, 0.1) is 16.1 Å². The van der Waals surface area contributed by atoms with Gasteiger partial charge in [0.15, 0.2) is 0 Å². The molecule has 3 nitrogen and oxygen atoms in total. The van der Waals surface area contributed by atoms with E-state index in [1.807, 2.05) is 18.4 Å². The number of hydrogen-bond acceptors (Lipinski definition) is 1. The first-order valence-electron chi connectivity index (χ1n) is 5.04. The summed E-state index contributed by atoms with van der Waals surface area (Å²) in [6.07, 6.45) is 1.64. The smallest absolute Gasteiger partial charge is 0.337 e. The largest absolute Gasteiger partial charge is 0.478 e. The lowest BCUT2D eigenvalue weighted by molar-refractivity contribution is 0.0699. The number of carboxylic acid groups (broad SMARTS) is 1. The molecule has 0 atom stereocenters. The Hall–Kier alpha value is -1.48. The van der Waals surface area contributed by atoms with Gasteiger partial charge in [-0.15, -0.1) is 0 Å². The van der Waals surface area contributed by atoms with Gasteiger partial charge in [-0.25, -0.2) is 4.79 Å². The van der Waals surface area contributed by atoms with Crippen molar-refractivity contribution in [2.75, 3.05) is 0 Å². The van der Waals surface area contributed by atoms with Gasteiger partial charge in [-0.1, -0.05) is 23.7 Å². The van der Waals surface area contributed by atoms with Crippen molar-refractivity contribution in [3.8, 4) is 0 Å². The number of para-hydroxylation sites is 1. The van der Waals surface area contributed by atoms with Crippen molar-refractivity contribution in [3.05, 3.63) is 35.0 Å². The van der Waals surface area contributed by atoms with Crippen LogP contribution in [-0.4, -0.2) is 15.6 Å². The summed E-state index contributed by atoms with van der Waals surface area (Å²) in [5.41, 5.74) is 1.09. The molecular weight excluding hydrogens is 226 g/mol. The molecule has 16 heavy (non-hydrogen) atoms. The average molecular weight is 238 g/mol. The van der Waals surface area contributed by atoms with Crippen molar-refractivity contribution in [2.24, 2.45) is 0 Å². The van der Waals surface area contributed by atoms with Gasteiger partial charge >= 0.3 is 5.97 Å². The minimum atomic E-state index is -0.924. The number of carboxylic acids is 1. The Morgan fingerprint density at radius 2 is 2.12 bits per heavy atom. The molecule has 1 aromatic heterocycles. The summed E-state index contributed by atoms with van der Waals surface area (Å²) >= 11 is 6.11. The monoisotopic (exact) mass is 237 g/mol. The Morgan fingerprint density at radius 1 is 1.44 bits per heavy atom. The zero-order valence-electron chi connectivity index (χ0n) is 9.07. The lowest BCUT2D eigenvalue weighted by Crippen LogP contribution is -1.99. The van der Waals surface area contributed by atoms with Gasteiger partial charge < -0.3 is 9.67 Å². The highest BCUT2D eigenvalue weighted by Gasteiger charge is 2.16. The molecule has 1 aromatic carbocycles. The minimum Gasteiger partial charge on any atom is -0.478 e. The predicted octanol–water partition coefficient (Wildman–Crippen LogP) is 3.57. The lowest BCUT2D eigenvalue weighted by Gasteiger charge is -2.09. The zero-order chi connectivity index (χ0) is 11.9. The molecular formula is C12H12ClNO2. The van der Waals surface area contributed by atoms with Gasteiger partial charge in [-0.05, 0) is 19.9 Å². The Kier molecular flexibility index (Phi) is 2.64. The topological polar surface area (TPSA) is 42.2 Å². The number of hydrogen-bond donors (Lipinski definition) is 1. The van der Waals surface area contributed by atoms with Gasteiger partial charge in [0, 0.05) is 17.6 Å². The maximum Gasteiger partial charge on any atom is 0.337 e. The molecule has 0 aliphatic heterocycles. The van der Waals surface area contributed by atoms with Crippen LogP contribution in [0.4, 0.5) is 0 Å². The molecule has 84 valence electrons. The minimum absolute atomic E-state index is 0.176. The van der Waals surface area contributed by atoms with Crippen molar-refractivity contribution < 1.29 is 9.90 Å². The van der Waals surface area contributed by atoms with Crippen LogP contribution in [-0.2, 0) is 0 Å². The number of halogens is 1. The first kappa shape index (κ1) is 11.0. The number of nitrogens with zero attached hydrogens (tertiary/aromatic N) is 1. The van der Waals surface area contributed by atoms with Gasteiger partial charge in [0.25, 0.3) is 0 Å². The van der Waals surface area contributed by atoms with E-state index in [9.17, 15) is 4.79 Å². The van der Waals surface area contributed by atoms with E-state index < -0.39 is 5.97 Å². The van der Waals surface area contributed by atoms with E-state index in [0.717, 1.165) is 5.52 Å². The molecule has 0 unspecified atom stereocenters. The van der Waals surface area contributed by atoms with Crippen LogP contribution in [0, 0.1) is 0 Å². The Bertz CT molecular complexity index is 557. The molecule has 1 heterocycles. The Labute approximate surface area is 98.3 Å². The standard InChI is InChI=1S/C12H12ClNO2/c1-7(2)14-6-9(12(15)16)8-4-3-5-10(13)11(8)14/h3-7H,1-2H3,(H,15,16). The number of benzene rings is 1. The van der Waals surface area contributed by atoms with E-state index in [1.165, 1.54) is 0 Å². The molecule has 0 aliphatic rings. The number of rotatable bonds is 2. The van der Waals surface area contributed by atoms with Crippen LogP contribution in [0.2, 0.25) is 5.02 Å². The fourth-order valence-electron chi connectivity index (χ4n) is 1.85. The van der Waals surface area contributed by atoms with Gasteiger partial charge in [-0.2, -0.15) is 0 Å². The van der Waals surface area contributed by atoms with Gasteiger partial charge in [0.2, 0.25) is 0 Å². The van der Waals surface area contributed by atoms with Crippen LogP contribution in [0.3, 0.4) is 0 Å². The third-order valence-electron chi connectivity index (χ3n) is 2.59. The van der Waals surface area contributed by atoms with Crippen molar-refractivity contribution in [3.63, 3.8) is 0 Å². The van der Waals surface area contributed by atoms with Crippen molar-refractivity contribution >= 4 is 28.5 Å². The van der Waals surface area contributed by atoms with E-state index in [2.05, 4.69) is 0 Å². The number of fused-ring (bicyclic) bond motifs is 1. The normalized spacial score (nSPS) is 11.2. The molecule has 0 amide bonds.